The number of pyridine rings is 1. The third-order valence-electron chi connectivity index (χ3n) is 6.80. The van der Waals surface area contributed by atoms with Crippen LogP contribution in [0.2, 0.25) is 0 Å². The van der Waals surface area contributed by atoms with Crippen molar-refractivity contribution in [2.45, 2.75) is 45.2 Å². The molecule has 1 aromatic carbocycles. The van der Waals surface area contributed by atoms with Crippen LogP contribution in [0.5, 0.6) is 0 Å². The minimum Gasteiger partial charge on any atom is -0.336 e. The molecular weight excluding hydrogens is 398 g/mol. The second-order valence-electron chi connectivity index (χ2n) is 8.63. The van der Waals surface area contributed by atoms with Gasteiger partial charge in [-0.1, -0.05) is 44.2 Å². The maximum atomic E-state index is 14.0. The largest absolute Gasteiger partial charge is 0.336 e. The Kier molecular flexibility index (Phi) is 5.08. The molecule has 32 heavy (non-hydrogen) atoms. The summed E-state index contributed by atoms with van der Waals surface area (Å²) in [5.41, 5.74) is 6.20. The van der Waals surface area contributed by atoms with Gasteiger partial charge in [-0.25, -0.2) is 4.98 Å². The molecule has 6 heteroatoms. The van der Waals surface area contributed by atoms with E-state index >= 15 is 0 Å². The van der Waals surface area contributed by atoms with Crippen LogP contribution in [-0.2, 0) is 20.5 Å². The van der Waals surface area contributed by atoms with Gasteiger partial charge in [0.2, 0.25) is 0 Å². The Morgan fingerprint density at radius 2 is 1.84 bits per heavy atom. The molecule has 4 aromatic rings. The molecule has 0 fully saturated rings. The van der Waals surface area contributed by atoms with Gasteiger partial charge in [-0.3, -0.25) is 9.48 Å². The molecule has 2 unspecified atom stereocenters. The van der Waals surface area contributed by atoms with Crippen LogP contribution < -0.4 is 0 Å². The summed E-state index contributed by atoms with van der Waals surface area (Å²) in [5, 5.41) is 5.85. The molecule has 0 saturated heterocycles. The molecule has 0 aliphatic carbocycles. The predicted octanol–water partition coefficient (Wildman–Crippen LogP) is 4.90. The fourth-order valence-corrected chi connectivity index (χ4v) is 5.26. The quantitative estimate of drug-likeness (QED) is 0.465. The molecule has 0 spiro atoms. The van der Waals surface area contributed by atoms with E-state index < -0.39 is 0 Å². The second-order valence-corrected chi connectivity index (χ2v) is 8.63. The molecule has 1 amide bonds. The smallest absolute Gasteiger partial charge is 0.255 e. The van der Waals surface area contributed by atoms with E-state index in [1.165, 1.54) is 16.8 Å². The van der Waals surface area contributed by atoms with Crippen LogP contribution in [0.25, 0.3) is 22.3 Å². The van der Waals surface area contributed by atoms with E-state index in [1.807, 2.05) is 47.7 Å². The monoisotopic (exact) mass is 427 g/mol. The number of aryl methyl sites for hydroxylation is 2. The number of carbonyl (C=O) groups excluding carboxylic acids is 1. The van der Waals surface area contributed by atoms with E-state index in [2.05, 4.69) is 48.0 Å². The third-order valence-corrected chi connectivity index (χ3v) is 6.80. The van der Waals surface area contributed by atoms with Crippen molar-refractivity contribution in [1.82, 2.24) is 24.2 Å². The average Bonchev–Trinajstić information content (AvgIpc) is 3.36. The van der Waals surface area contributed by atoms with Crippen LogP contribution in [-0.4, -0.2) is 36.2 Å². The number of fused-ring (bicyclic) bond motifs is 2. The van der Waals surface area contributed by atoms with Crippen molar-refractivity contribution in [2.75, 3.05) is 0 Å². The maximum Gasteiger partial charge on any atom is 0.255 e. The summed E-state index contributed by atoms with van der Waals surface area (Å²) in [7, 11) is 3.97. The van der Waals surface area contributed by atoms with Gasteiger partial charge >= 0.3 is 0 Å². The second kappa shape index (κ2) is 7.93. The zero-order valence-electron chi connectivity index (χ0n) is 19.1. The van der Waals surface area contributed by atoms with Crippen molar-refractivity contribution in [3.05, 3.63) is 71.7 Å². The fourth-order valence-electron chi connectivity index (χ4n) is 5.26. The zero-order chi connectivity index (χ0) is 22.4. The Bertz CT molecular complexity index is 1290. The fraction of sp³-hybridized carbons (Fsp3) is 0.346. The lowest BCUT2D eigenvalue weighted by Crippen LogP contribution is -2.47. The maximum absolute atomic E-state index is 14.0. The SMILES string of the molecule is CCC1Cc2c(nn(C)c2-c2ccccc2)C(CC)N1C(=O)c1ccnc2c1ccn2C. The highest BCUT2D eigenvalue weighted by Gasteiger charge is 2.40. The lowest BCUT2D eigenvalue weighted by molar-refractivity contribution is 0.0515. The van der Waals surface area contributed by atoms with E-state index in [0.717, 1.165) is 41.6 Å². The van der Waals surface area contributed by atoms with Crippen LogP contribution in [0.4, 0.5) is 0 Å². The number of benzene rings is 1. The van der Waals surface area contributed by atoms with Gasteiger partial charge in [0, 0.05) is 49.0 Å². The predicted molar refractivity (Wildman–Crippen MR) is 126 cm³/mol. The number of carbonyl (C=O) groups is 1. The number of hydrogen-bond donors (Lipinski definition) is 0. The lowest BCUT2D eigenvalue weighted by Gasteiger charge is -2.41. The molecular formula is C26H29N5O. The summed E-state index contributed by atoms with van der Waals surface area (Å²) >= 11 is 0. The summed E-state index contributed by atoms with van der Waals surface area (Å²) < 4.78 is 3.95. The van der Waals surface area contributed by atoms with Crippen LogP contribution in [0.3, 0.4) is 0 Å². The van der Waals surface area contributed by atoms with Crippen LogP contribution in [0.15, 0.2) is 54.9 Å². The molecule has 5 rings (SSSR count). The van der Waals surface area contributed by atoms with Gasteiger partial charge < -0.3 is 9.47 Å². The van der Waals surface area contributed by atoms with Crippen molar-refractivity contribution < 1.29 is 4.79 Å². The average molecular weight is 428 g/mol. The summed E-state index contributed by atoms with van der Waals surface area (Å²) in [6.45, 7) is 4.32. The first-order valence-corrected chi connectivity index (χ1v) is 11.4. The van der Waals surface area contributed by atoms with Gasteiger partial charge in [-0.05, 0) is 31.4 Å². The standard InChI is InChI=1S/C26H29N5O/c1-5-18-16-21-23(28-30(4)24(21)17-10-8-7-9-11-17)22(6-2)31(18)26(32)20-12-14-27-25-19(20)13-15-29(25)3/h7-15,18,22H,5-6,16H2,1-4H3. The van der Waals surface area contributed by atoms with Crippen LogP contribution in [0.1, 0.15) is 54.3 Å². The minimum atomic E-state index is -0.0493. The molecule has 0 bridgehead atoms. The highest BCUT2D eigenvalue weighted by atomic mass is 16.2. The first-order chi connectivity index (χ1) is 15.5. The molecule has 0 saturated carbocycles. The van der Waals surface area contributed by atoms with E-state index in [9.17, 15) is 4.79 Å². The number of rotatable bonds is 4. The highest BCUT2D eigenvalue weighted by molar-refractivity contribution is 6.06. The van der Waals surface area contributed by atoms with E-state index in [1.54, 1.807) is 6.20 Å². The van der Waals surface area contributed by atoms with Gasteiger partial charge in [0.25, 0.3) is 5.91 Å². The molecule has 0 N–H and O–H groups in total. The van der Waals surface area contributed by atoms with Gasteiger partial charge in [-0.15, -0.1) is 0 Å². The van der Waals surface area contributed by atoms with Crippen molar-refractivity contribution in [2.24, 2.45) is 14.1 Å². The van der Waals surface area contributed by atoms with E-state index in [0.29, 0.717) is 0 Å². The Hall–Kier alpha value is -3.41. The summed E-state index contributed by atoms with van der Waals surface area (Å²) in [4.78, 5) is 20.5. The van der Waals surface area contributed by atoms with Gasteiger partial charge in [0.05, 0.1) is 23.0 Å². The first kappa shape index (κ1) is 20.5. The molecule has 4 heterocycles. The third kappa shape index (κ3) is 3.05. The zero-order valence-corrected chi connectivity index (χ0v) is 19.1. The van der Waals surface area contributed by atoms with Crippen LogP contribution >= 0.6 is 0 Å². The van der Waals surface area contributed by atoms with E-state index in [-0.39, 0.29) is 18.0 Å². The van der Waals surface area contributed by atoms with E-state index in [4.69, 9.17) is 5.10 Å². The number of nitrogens with zero attached hydrogens (tertiary/aromatic N) is 5. The molecule has 6 nitrogen and oxygen atoms in total. The van der Waals surface area contributed by atoms with Crippen molar-refractivity contribution in [3.63, 3.8) is 0 Å². The Morgan fingerprint density at radius 1 is 1.06 bits per heavy atom. The van der Waals surface area contributed by atoms with Crippen LogP contribution in [0, 0.1) is 0 Å². The van der Waals surface area contributed by atoms with Crippen molar-refractivity contribution in [3.8, 4) is 11.3 Å². The first-order valence-electron chi connectivity index (χ1n) is 11.4. The number of amides is 1. The molecule has 1 aliphatic heterocycles. The lowest BCUT2D eigenvalue weighted by atomic mass is 9.87. The molecule has 0 radical (unpaired) electrons. The summed E-state index contributed by atoms with van der Waals surface area (Å²) in [6, 6.07) is 14.4. The number of hydrogen-bond acceptors (Lipinski definition) is 3. The van der Waals surface area contributed by atoms with Crippen molar-refractivity contribution >= 4 is 16.9 Å². The molecule has 2 atom stereocenters. The Balaban J connectivity index is 1.63. The molecule has 1 aliphatic rings. The van der Waals surface area contributed by atoms with Crippen molar-refractivity contribution in [1.29, 1.82) is 0 Å². The Labute approximate surface area is 188 Å². The van der Waals surface area contributed by atoms with Gasteiger partial charge in [0.1, 0.15) is 5.65 Å². The topological polar surface area (TPSA) is 56.0 Å². The Morgan fingerprint density at radius 3 is 2.56 bits per heavy atom. The summed E-state index contributed by atoms with van der Waals surface area (Å²) in [5.74, 6) is 0.0693. The number of aromatic nitrogens is 4. The minimum absolute atomic E-state index is 0.0493. The highest BCUT2D eigenvalue weighted by Crippen LogP contribution is 2.41. The molecule has 164 valence electrons. The normalized spacial score (nSPS) is 18.2. The van der Waals surface area contributed by atoms with Gasteiger partial charge in [0.15, 0.2) is 0 Å². The summed E-state index contributed by atoms with van der Waals surface area (Å²) in [6.07, 6.45) is 6.23. The van der Waals surface area contributed by atoms with Gasteiger partial charge in [-0.2, -0.15) is 5.10 Å². The molecule has 3 aromatic heterocycles.